The monoisotopic (exact) mass is 423 g/mol. The summed E-state index contributed by atoms with van der Waals surface area (Å²) in [5.74, 6) is 1.74. The van der Waals surface area contributed by atoms with Crippen molar-refractivity contribution in [3.63, 3.8) is 0 Å². The molecule has 0 aromatic heterocycles. The van der Waals surface area contributed by atoms with Gasteiger partial charge >= 0.3 is 0 Å². The van der Waals surface area contributed by atoms with Crippen LogP contribution in [-0.2, 0) is 13.1 Å². The van der Waals surface area contributed by atoms with Gasteiger partial charge in [-0.3, -0.25) is 0 Å². The molecular formula is C19H23BrFN3O2. The minimum absolute atomic E-state index is 0.242. The van der Waals surface area contributed by atoms with Gasteiger partial charge in [-0.25, -0.2) is 9.38 Å². The Morgan fingerprint density at radius 3 is 2.42 bits per heavy atom. The predicted molar refractivity (Wildman–Crippen MR) is 105 cm³/mol. The molecule has 2 rings (SSSR count). The maximum atomic E-state index is 13.0. The lowest BCUT2D eigenvalue weighted by Crippen LogP contribution is -2.36. The summed E-state index contributed by atoms with van der Waals surface area (Å²) in [7, 11) is 3.20. The van der Waals surface area contributed by atoms with Gasteiger partial charge in [0.2, 0.25) is 0 Å². The van der Waals surface area contributed by atoms with Crippen molar-refractivity contribution in [3.8, 4) is 11.5 Å². The molecule has 2 N–H and O–H groups in total. The molecule has 0 heterocycles. The molecule has 0 radical (unpaired) electrons. The Bertz CT molecular complexity index is 751. The Balaban J connectivity index is 2.08. The fraction of sp³-hybridized carbons (Fsp3) is 0.316. The summed E-state index contributed by atoms with van der Waals surface area (Å²) in [6, 6.07) is 10.2. The Morgan fingerprint density at radius 1 is 1.08 bits per heavy atom. The third kappa shape index (κ3) is 5.62. The molecule has 0 aliphatic carbocycles. The molecule has 0 aliphatic rings. The number of benzene rings is 2. The van der Waals surface area contributed by atoms with Crippen LogP contribution in [0.1, 0.15) is 18.1 Å². The number of nitrogens with one attached hydrogen (secondary N) is 2. The minimum Gasteiger partial charge on any atom is -0.493 e. The summed E-state index contributed by atoms with van der Waals surface area (Å²) in [6.07, 6.45) is 0. The molecule has 0 saturated heterocycles. The van der Waals surface area contributed by atoms with Crippen LogP contribution in [0.25, 0.3) is 0 Å². The number of methoxy groups -OCH3 is 2. The van der Waals surface area contributed by atoms with Crippen LogP contribution in [0.2, 0.25) is 0 Å². The molecule has 0 amide bonds. The zero-order chi connectivity index (χ0) is 18.9. The van der Waals surface area contributed by atoms with Crippen LogP contribution >= 0.6 is 15.9 Å². The van der Waals surface area contributed by atoms with Crippen molar-refractivity contribution in [1.29, 1.82) is 0 Å². The smallest absolute Gasteiger partial charge is 0.191 e. The Hall–Kier alpha value is -2.28. The van der Waals surface area contributed by atoms with Gasteiger partial charge < -0.3 is 20.1 Å². The van der Waals surface area contributed by atoms with E-state index >= 15 is 0 Å². The maximum absolute atomic E-state index is 13.0. The Labute approximate surface area is 161 Å². The van der Waals surface area contributed by atoms with Gasteiger partial charge in [0.1, 0.15) is 5.82 Å². The summed E-state index contributed by atoms with van der Waals surface area (Å²) in [5, 5.41) is 6.44. The summed E-state index contributed by atoms with van der Waals surface area (Å²) >= 11 is 3.49. The van der Waals surface area contributed by atoms with E-state index in [0.717, 1.165) is 22.1 Å². The third-order valence-electron chi connectivity index (χ3n) is 3.63. The highest BCUT2D eigenvalue weighted by atomic mass is 79.9. The second kappa shape index (κ2) is 10.0. The van der Waals surface area contributed by atoms with E-state index < -0.39 is 0 Å². The predicted octanol–water partition coefficient (Wildman–Crippen LogP) is 3.86. The highest BCUT2D eigenvalue weighted by Crippen LogP contribution is 2.36. The van der Waals surface area contributed by atoms with E-state index in [-0.39, 0.29) is 5.82 Å². The van der Waals surface area contributed by atoms with Crippen LogP contribution in [0.5, 0.6) is 11.5 Å². The number of guanidine groups is 1. The minimum atomic E-state index is -0.242. The van der Waals surface area contributed by atoms with Gasteiger partial charge in [0.15, 0.2) is 17.5 Å². The highest BCUT2D eigenvalue weighted by Gasteiger charge is 2.10. The van der Waals surface area contributed by atoms with Gasteiger partial charge in [0.05, 0.1) is 25.2 Å². The number of nitrogens with zero attached hydrogens (tertiary/aromatic N) is 1. The highest BCUT2D eigenvalue weighted by molar-refractivity contribution is 9.10. The number of hydrogen-bond acceptors (Lipinski definition) is 3. The molecule has 0 bridgehead atoms. The van der Waals surface area contributed by atoms with E-state index in [1.165, 1.54) is 12.1 Å². The van der Waals surface area contributed by atoms with Gasteiger partial charge in [-0.1, -0.05) is 12.1 Å². The molecule has 0 fully saturated rings. The fourth-order valence-electron chi connectivity index (χ4n) is 2.36. The van der Waals surface area contributed by atoms with E-state index in [4.69, 9.17) is 9.47 Å². The van der Waals surface area contributed by atoms with Gasteiger partial charge in [0.25, 0.3) is 0 Å². The van der Waals surface area contributed by atoms with Crippen LogP contribution in [0, 0.1) is 5.82 Å². The van der Waals surface area contributed by atoms with E-state index in [0.29, 0.717) is 30.5 Å². The van der Waals surface area contributed by atoms with Crippen molar-refractivity contribution in [2.24, 2.45) is 4.99 Å². The first-order valence-electron chi connectivity index (χ1n) is 8.24. The first-order chi connectivity index (χ1) is 12.6. The number of hydrogen-bond donors (Lipinski definition) is 2. The van der Waals surface area contributed by atoms with Crippen LogP contribution in [0.15, 0.2) is 45.9 Å². The van der Waals surface area contributed by atoms with E-state index in [9.17, 15) is 4.39 Å². The van der Waals surface area contributed by atoms with Crippen molar-refractivity contribution >= 4 is 21.9 Å². The molecule has 0 aliphatic heterocycles. The molecule has 2 aromatic carbocycles. The molecule has 5 nitrogen and oxygen atoms in total. The van der Waals surface area contributed by atoms with E-state index in [2.05, 4.69) is 31.6 Å². The van der Waals surface area contributed by atoms with Crippen molar-refractivity contribution < 1.29 is 13.9 Å². The standard InChI is InChI=1S/C19H23BrFN3O2/c1-4-22-19(23-11-13-5-7-15(21)8-6-13)24-12-14-9-16(20)18(26-3)17(10-14)25-2/h5-10H,4,11-12H2,1-3H3,(H2,22,23,24). The number of aliphatic imine (C=N–C) groups is 1. The van der Waals surface area contributed by atoms with Gasteiger partial charge in [-0.05, 0) is 58.2 Å². The second-order valence-corrected chi connectivity index (χ2v) is 6.34. The SMILES string of the molecule is CCNC(=NCc1cc(Br)c(OC)c(OC)c1)NCc1ccc(F)cc1. The topological polar surface area (TPSA) is 54.9 Å². The number of halogens is 2. The Kier molecular flexibility index (Phi) is 7.72. The summed E-state index contributed by atoms with van der Waals surface area (Å²) < 4.78 is 24.5. The molecule has 26 heavy (non-hydrogen) atoms. The van der Waals surface area contributed by atoms with Crippen LogP contribution in [0.3, 0.4) is 0 Å². The zero-order valence-electron chi connectivity index (χ0n) is 15.1. The van der Waals surface area contributed by atoms with Crippen molar-refractivity contribution in [3.05, 3.63) is 57.8 Å². The third-order valence-corrected chi connectivity index (χ3v) is 4.22. The average molecular weight is 424 g/mol. The largest absolute Gasteiger partial charge is 0.493 e. The lowest BCUT2D eigenvalue weighted by atomic mass is 10.2. The molecule has 0 spiro atoms. The van der Waals surface area contributed by atoms with Crippen molar-refractivity contribution in [2.45, 2.75) is 20.0 Å². The molecule has 7 heteroatoms. The normalized spacial score (nSPS) is 11.2. The van der Waals surface area contributed by atoms with E-state index in [1.807, 2.05) is 19.1 Å². The summed E-state index contributed by atoms with van der Waals surface area (Å²) in [5.41, 5.74) is 1.96. The lowest BCUT2D eigenvalue weighted by Gasteiger charge is -2.13. The Morgan fingerprint density at radius 2 is 1.81 bits per heavy atom. The average Bonchev–Trinajstić information content (AvgIpc) is 2.64. The summed E-state index contributed by atoms with van der Waals surface area (Å²) in [4.78, 5) is 4.59. The maximum Gasteiger partial charge on any atom is 0.191 e. The van der Waals surface area contributed by atoms with Crippen molar-refractivity contribution in [1.82, 2.24) is 10.6 Å². The van der Waals surface area contributed by atoms with Crippen LogP contribution in [0.4, 0.5) is 4.39 Å². The van der Waals surface area contributed by atoms with Crippen LogP contribution < -0.4 is 20.1 Å². The molecule has 0 saturated carbocycles. The van der Waals surface area contributed by atoms with E-state index in [1.54, 1.807) is 26.4 Å². The first-order valence-corrected chi connectivity index (χ1v) is 9.03. The number of ether oxygens (including phenoxy) is 2. The van der Waals surface area contributed by atoms with Gasteiger partial charge in [-0.15, -0.1) is 0 Å². The molecule has 2 aromatic rings. The van der Waals surface area contributed by atoms with Gasteiger partial charge in [-0.2, -0.15) is 0 Å². The lowest BCUT2D eigenvalue weighted by molar-refractivity contribution is 0.352. The number of rotatable bonds is 7. The van der Waals surface area contributed by atoms with Gasteiger partial charge in [0, 0.05) is 13.1 Å². The van der Waals surface area contributed by atoms with Crippen LogP contribution in [-0.4, -0.2) is 26.7 Å². The molecular weight excluding hydrogens is 401 g/mol. The molecule has 0 atom stereocenters. The quantitative estimate of drug-likeness (QED) is 0.524. The van der Waals surface area contributed by atoms with Crippen molar-refractivity contribution in [2.75, 3.05) is 20.8 Å². The summed E-state index contributed by atoms with van der Waals surface area (Å²) in [6.45, 7) is 3.77. The zero-order valence-corrected chi connectivity index (χ0v) is 16.7. The fourth-order valence-corrected chi connectivity index (χ4v) is 3.01. The molecule has 140 valence electrons. The molecule has 0 unspecified atom stereocenters. The second-order valence-electron chi connectivity index (χ2n) is 5.49. The first kappa shape index (κ1) is 20.0.